The third-order valence-corrected chi connectivity index (χ3v) is 5.43. The van der Waals surface area contributed by atoms with Crippen LogP contribution in [-0.2, 0) is 5.75 Å². The first-order chi connectivity index (χ1) is 14.6. The Labute approximate surface area is 190 Å². The van der Waals surface area contributed by atoms with Gasteiger partial charge >= 0.3 is 0 Å². The quantitative estimate of drug-likeness (QED) is 0.274. The average molecular weight is 465 g/mol. The fraction of sp³-hybridized carbons (Fsp3) is 0.286. The first kappa shape index (κ1) is 22.5. The van der Waals surface area contributed by atoms with Gasteiger partial charge in [-0.3, -0.25) is 0 Å². The summed E-state index contributed by atoms with van der Waals surface area (Å²) in [5.74, 6) is 1.89. The molecule has 0 bridgehead atoms. The molecule has 0 fully saturated rings. The van der Waals surface area contributed by atoms with Crippen molar-refractivity contribution in [3.8, 4) is 11.5 Å². The van der Waals surface area contributed by atoms with E-state index in [1.807, 2.05) is 44.2 Å². The number of benzene rings is 2. The Morgan fingerprint density at radius 1 is 1.13 bits per heavy atom. The van der Waals surface area contributed by atoms with Crippen LogP contribution in [0.3, 0.4) is 0 Å². The van der Waals surface area contributed by atoms with Crippen LogP contribution in [-0.4, -0.2) is 34.3 Å². The summed E-state index contributed by atoms with van der Waals surface area (Å²) in [4.78, 5) is 0. The maximum atomic E-state index is 6.41. The van der Waals surface area contributed by atoms with Gasteiger partial charge in [0.2, 0.25) is 5.16 Å². The SMILES string of the molecule is CCCOc1c(Cl)cc(/C=N/n2cnnc2SCc2ccc(Cl)cc2)cc1OCC. The average Bonchev–Trinajstić information content (AvgIpc) is 3.19. The second kappa shape index (κ2) is 11.2. The van der Waals surface area contributed by atoms with Gasteiger partial charge in [-0.25, -0.2) is 0 Å². The second-order valence-electron chi connectivity index (χ2n) is 6.23. The Morgan fingerprint density at radius 3 is 2.67 bits per heavy atom. The Morgan fingerprint density at radius 2 is 1.93 bits per heavy atom. The van der Waals surface area contributed by atoms with Gasteiger partial charge in [0.25, 0.3) is 0 Å². The first-order valence-corrected chi connectivity index (χ1v) is 11.3. The van der Waals surface area contributed by atoms with E-state index < -0.39 is 0 Å². The van der Waals surface area contributed by atoms with Gasteiger partial charge in [-0.1, -0.05) is 54.0 Å². The predicted molar refractivity (Wildman–Crippen MR) is 122 cm³/mol. The zero-order valence-electron chi connectivity index (χ0n) is 16.7. The van der Waals surface area contributed by atoms with Crippen LogP contribution < -0.4 is 9.47 Å². The number of halogens is 2. The van der Waals surface area contributed by atoms with E-state index >= 15 is 0 Å². The second-order valence-corrected chi connectivity index (χ2v) is 8.02. The highest BCUT2D eigenvalue weighted by atomic mass is 35.5. The van der Waals surface area contributed by atoms with Crippen LogP contribution in [0, 0.1) is 0 Å². The van der Waals surface area contributed by atoms with Gasteiger partial charge in [-0.15, -0.1) is 10.2 Å². The first-order valence-electron chi connectivity index (χ1n) is 9.51. The molecule has 0 saturated carbocycles. The molecule has 3 rings (SSSR count). The van der Waals surface area contributed by atoms with Crippen LogP contribution in [0.1, 0.15) is 31.4 Å². The molecule has 30 heavy (non-hydrogen) atoms. The van der Waals surface area contributed by atoms with Crippen molar-refractivity contribution in [2.45, 2.75) is 31.2 Å². The molecule has 0 radical (unpaired) electrons. The molecule has 3 aromatic rings. The molecule has 0 aliphatic carbocycles. The Hall–Kier alpha value is -2.22. The number of aromatic nitrogens is 3. The molecular weight excluding hydrogens is 443 g/mol. The van der Waals surface area contributed by atoms with E-state index in [0.29, 0.717) is 39.9 Å². The van der Waals surface area contributed by atoms with Crippen molar-refractivity contribution in [1.29, 1.82) is 0 Å². The zero-order valence-corrected chi connectivity index (χ0v) is 19.0. The largest absolute Gasteiger partial charge is 0.490 e. The molecule has 6 nitrogen and oxygen atoms in total. The van der Waals surface area contributed by atoms with Crippen LogP contribution >= 0.6 is 35.0 Å². The number of thioether (sulfide) groups is 1. The molecule has 0 amide bonds. The van der Waals surface area contributed by atoms with E-state index in [0.717, 1.165) is 23.3 Å². The lowest BCUT2D eigenvalue weighted by atomic mass is 10.2. The summed E-state index contributed by atoms with van der Waals surface area (Å²) in [5, 5.41) is 14.4. The summed E-state index contributed by atoms with van der Waals surface area (Å²) in [6, 6.07) is 11.4. The van der Waals surface area contributed by atoms with E-state index in [1.54, 1.807) is 23.3 Å². The molecule has 0 atom stereocenters. The van der Waals surface area contributed by atoms with Crippen LogP contribution in [0.4, 0.5) is 0 Å². The van der Waals surface area contributed by atoms with Crippen molar-refractivity contribution < 1.29 is 9.47 Å². The van der Waals surface area contributed by atoms with Crippen molar-refractivity contribution >= 4 is 41.2 Å². The Kier molecular flexibility index (Phi) is 8.42. The fourth-order valence-corrected chi connectivity index (χ4v) is 3.74. The molecular formula is C21H22Cl2N4O2S. The van der Waals surface area contributed by atoms with E-state index in [-0.39, 0.29) is 0 Å². The number of ether oxygens (including phenoxy) is 2. The van der Waals surface area contributed by atoms with Gasteiger partial charge in [0.1, 0.15) is 6.33 Å². The molecule has 0 unspecified atom stereocenters. The van der Waals surface area contributed by atoms with E-state index in [9.17, 15) is 0 Å². The van der Waals surface area contributed by atoms with Gasteiger partial charge in [0.05, 0.1) is 24.5 Å². The number of nitrogens with zero attached hydrogens (tertiary/aromatic N) is 4. The topological polar surface area (TPSA) is 61.5 Å². The van der Waals surface area contributed by atoms with Gasteiger partial charge in [0, 0.05) is 10.8 Å². The smallest absolute Gasteiger partial charge is 0.212 e. The maximum Gasteiger partial charge on any atom is 0.212 e. The zero-order chi connectivity index (χ0) is 21.3. The van der Waals surface area contributed by atoms with Crippen LogP contribution in [0.25, 0.3) is 0 Å². The lowest BCUT2D eigenvalue weighted by Crippen LogP contribution is -2.02. The molecule has 0 spiro atoms. The summed E-state index contributed by atoms with van der Waals surface area (Å²) in [6.45, 7) is 5.04. The number of hydrogen-bond donors (Lipinski definition) is 0. The lowest BCUT2D eigenvalue weighted by molar-refractivity contribution is 0.277. The molecule has 1 heterocycles. The van der Waals surface area contributed by atoms with E-state index in [2.05, 4.69) is 15.3 Å². The standard InChI is InChI=1S/C21H22Cl2N4O2S/c1-3-9-29-20-18(23)10-16(11-19(20)28-4-2)12-25-27-14-24-26-21(27)30-13-15-5-7-17(22)8-6-15/h5-8,10-12,14H,3-4,9,13H2,1-2H3/b25-12+. The highest BCUT2D eigenvalue weighted by Crippen LogP contribution is 2.36. The Bertz CT molecular complexity index is 993. The third-order valence-electron chi connectivity index (χ3n) is 3.89. The molecule has 0 saturated heterocycles. The van der Waals surface area contributed by atoms with Crippen molar-refractivity contribution in [2.24, 2.45) is 5.10 Å². The predicted octanol–water partition coefficient (Wildman–Crippen LogP) is 5.95. The minimum Gasteiger partial charge on any atom is -0.490 e. The van der Waals surface area contributed by atoms with Crippen LogP contribution in [0.15, 0.2) is 53.0 Å². The molecule has 0 aliphatic heterocycles. The summed E-state index contributed by atoms with van der Waals surface area (Å²) in [5.41, 5.74) is 1.92. The van der Waals surface area contributed by atoms with Crippen LogP contribution in [0.5, 0.6) is 11.5 Å². The normalized spacial score (nSPS) is 11.2. The summed E-state index contributed by atoms with van der Waals surface area (Å²) >= 11 is 13.9. The Balaban J connectivity index is 1.74. The highest BCUT2D eigenvalue weighted by Gasteiger charge is 2.12. The maximum absolute atomic E-state index is 6.41. The third kappa shape index (κ3) is 6.14. The molecule has 2 aromatic carbocycles. The number of rotatable bonds is 10. The fourth-order valence-electron chi connectivity index (χ4n) is 2.52. The van der Waals surface area contributed by atoms with E-state index in [1.165, 1.54) is 11.8 Å². The van der Waals surface area contributed by atoms with Gasteiger partial charge in [0.15, 0.2) is 11.5 Å². The summed E-state index contributed by atoms with van der Waals surface area (Å²) < 4.78 is 13.1. The van der Waals surface area contributed by atoms with Crippen molar-refractivity contribution in [2.75, 3.05) is 13.2 Å². The summed E-state index contributed by atoms with van der Waals surface area (Å²) in [6.07, 6.45) is 4.13. The van der Waals surface area contributed by atoms with Crippen molar-refractivity contribution in [3.63, 3.8) is 0 Å². The van der Waals surface area contributed by atoms with Crippen molar-refractivity contribution in [1.82, 2.24) is 14.9 Å². The summed E-state index contributed by atoms with van der Waals surface area (Å²) in [7, 11) is 0. The monoisotopic (exact) mass is 464 g/mol. The van der Waals surface area contributed by atoms with Gasteiger partial charge in [-0.2, -0.15) is 9.78 Å². The highest BCUT2D eigenvalue weighted by molar-refractivity contribution is 7.98. The minimum atomic E-state index is 0.483. The van der Waals surface area contributed by atoms with Gasteiger partial charge in [-0.05, 0) is 48.7 Å². The number of hydrogen-bond acceptors (Lipinski definition) is 6. The molecule has 9 heteroatoms. The lowest BCUT2D eigenvalue weighted by Gasteiger charge is -2.13. The van der Waals surface area contributed by atoms with Gasteiger partial charge < -0.3 is 9.47 Å². The molecule has 0 N–H and O–H groups in total. The van der Waals surface area contributed by atoms with Crippen LogP contribution in [0.2, 0.25) is 10.0 Å². The molecule has 0 aliphatic rings. The molecule has 158 valence electrons. The van der Waals surface area contributed by atoms with Crippen molar-refractivity contribution in [3.05, 3.63) is 63.9 Å². The molecule has 1 aromatic heterocycles. The minimum absolute atomic E-state index is 0.483. The van der Waals surface area contributed by atoms with E-state index in [4.69, 9.17) is 32.7 Å².